The first-order chi connectivity index (χ1) is 6.52. The molecule has 2 saturated carbocycles. The Morgan fingerprint density at radius 1 is 1.36 bits per heavy atom. The number of fused-ring (bicyclic) bond motifs is 2. The van der Waals surface area contributed by atoms with Gasteiger partial charge in [-0.2, -0.15) is 11.8 Å². The Balaban J connectivity index is 2.11. The number of alkyl halides is 1. The normalized spacial score (nSPS) is 44.6. The summed E-state index contributed by atoms with van der Waals surface area (Å²) in [4.78, 5) is 0. The second-order valence-corrected chi connectivity index (χ2v) is 7.35. The highest BCUT2D eigenvalue weighted by molar-refractivity contribution is 8.00. The van der Waals surface area contributed by atoms with Crippen LogP contribution in [0, 0.1) is 16.7 Å². The Labute approximate surface area is 97.2 Å². The Kier molecular flexibility index (Phi) is 2.85. The summed E-state index contributed by atoms with van der Waals surface area (Å²) in [7, 11) is 0. The summed E-state index contributed by atoms with van der Waals surface area (Å²) in [6.07, 6.45) is 4.33. The Morgan fingerprint density at radius 3 is 2.50 bits per heavy atom. The van der Waals surface area contributed by atoms with Crippen LogP contribution in [0.5, 0.6) is 0 Å². The van der Waals surface area contributed by atoms with E-state index in [1.54, 1.807) is 0 Å². The largest absolute Gasteiger partial charge is 0.157 e. The fourth-order valence-corrected chi connectivity index (χ4v) is 5.37. The van der Waals surface area contributed by atoms with Gasteiger partial charge in [0.1, 0.15) is 0 Å². The highest BCUT2D eigenvalue weighted by atomic mass is 35.5. The molecular weight excluding hydrogens is 212 g/mol. The SMILES string of the molecule is CC1(C)[C@H]2CC[C@]1(C)[C@@H](SCCCl)C2. The second kappa shape index (κ2) is 3.59. The van der Waals surface area contributed by atoms with Crippen molar-refractivity contribution in [3.63, 3.8) is 0 Å². The lowest BCUT2D eigenvalue weighted by Crippen LogP contribution is -2.34. The van der Waals surface area contributed by atoms with Crippen LogP contribution in [-0.4, -0.2) is 16.9 Å². The van der Waals surface area contributed by atoms with E-state index in [4.69, 9.17) is 11.6 Å². The van der Waals surface area contributed by atoms with Crippen molar-refractivity contribution in [1.82, 2.24) is 0 Å². The molecule has 0 aromatic carbocycles. The van der Waals surface area contributed by atoms with Gasteiger partial charge in [0.05, 0.1) is 0 Å². The van der Waals surface area contributed by atoms with Crippen LogP contribution in [0.15, 0.2) is 0 Å². The number of hydrogen-bond acceptors (Lipinski definition) is 1. The zero-order valence-corrected chi connectivity index (χ0v) is 11.0. The van der Waals surface area contributed by atoms with Gasteiger partial charge in [0.25, 0.3) is 0 Å². The predicted molar refractivity (Wildman–Crippen MR) is 66.2 cm³/mol. The molecule has 0 aromatic heterocycles. The average Bonchev–Trinajstić information content (AvgIpc) is 2.46. The summed E-state index contributed by atoms with van der Waals surface area (Å²) in [5, 5.41) is 0.870. The van der Waals surface area contributed by atoms with Crippen LogP contribution in [-0.2, 0) is 0 Å². The lowest BCUT2D eigenvalue weighted by atomic mass is 9.71. The summed E-state index contributed by atoms with van der Waals surface area (Å²) >= 11 is 7.89. The molecule has 0 unspecified atom stereocenters. The van der Waals surface area contributed by atoms with Crippen LogP contribution in [0.4, 0.5) is 0 Å². The van der Waals surface area contributed by atoms with E-state index in [9.17, 15) is 0 Å². The Morgan fingerprint density at radius 2 is 2.07 bits per heavy atom. The minimum atomic E-state index is 0.566. The first-order valence-electron chi connectivity index (χ1n) is 5.70. The minimum Gasteiger partial charge on any atom is -0.157 e. The zero-order valence-electron chi connectivity index (χ0n) is 9.48. The van der Waals surface area contributed by atoms with Crippen LogP contribution < -0.4 is 0 Å². The highest BCUT2D eigenvalue weighted by Gasteiger charge is 2.61. The number of halogens is 1. The molecule has 0 aliphatic heterocycles. The van der Waals surface area contributed by atoms with Gasteiger partial charge in [-0.3, -0.25) is 0 Å². The first-order valence-corrected chi connectivity index (χ1v) is 7.28. The maximum atomic E-state index is 5.78. The molecule has 2 fully saturated rings. The molecule has 0 aromatic rings. The molecule has 3 atom stereocenters. The maximum Gasteiger partial charge on any atom is 0.0314 e. The van der Waals surface area contributed by atoms with Crippen molar-refractivity contribution in [3.8, 4) is 0 Å². The Hall–Kier alpha value is 0.640. The third kappa shape index (κ3) is 1.35. The van der Waals surface area contributed by atoms with E-state index in [-0.39, 0.29) is 0 Å². The first kappa shape index (κ1) is 11.1. The molecule has 2 bridgehead atoms. The lowest BCUT2D eigenvalue weighted by Gasteiger charge is -2.39. The van der Waals surface area contributed by atoms with Crippen LogP contribution in [0.2, 0.25) is 0 Å². The summed E-state index contributed by atoms with van der Waals surface area (Å²) in [5.41, 5.74) is 1.14. The van der Waals surface area contributed by atoms with Crippen molar-refractivity contribution in [2.45, 2.75) is 45.3 Å². The third-order valence-electron chi connectivity index (χ3n) is 5.11. The molecule has 2 aliphatic rings. The van der Waals surface area contributed by atoms with Crippen molar-refractivity contribution in [1.29, 1.82) is 0 Å². The van der Waals surface area contributed by atoms with E-state index in [0.717, 1.165) is 22.8 Å². The molecule has 0 spiro atoms. The van der Waals surface area contributed by atoms with Gasteiger partial charge in [-0.25, -0.2) is 0 Å². The molecule has 0 nitrogen and oxygen atoms in total. The molecule has 2 heteroatoms. The quantitative estimate of drug-likeness (QED) is 0.659. The van der Waals surface area contributed by atoms with E-state index >= 15 is 0 Å². The molecule has 14 heavy (non-hydrogen) atoms. The van der Waals surface area contributed by atoms with Gasteiger partial charge >= 0.3 is 0 Å². The van der Waals surface area contributed by atoms with Gasteiger partial charge in [-0.05, 0) is 36.0 Å². The zero-order chi connectivity index (χ0) is 10.4. The van der Waals surface area contributed by atoms with Gasteiger partial charge in [0, 0.05) is 16.9 Å². The van der Waals surface area contributed by atoms with Gasteiger partial charge in [-0.15, -0.1) is 11.6 Å². The number of rotatable bonds is 3. The van der Waals surface area contributed by atoms with Gasteiger partial charge in [0.15, 0.2) is 0 Å². The standard InChI is InChI=1S/C12H21ClS/c1-11(2)9-4-5-12(11,3)10(8-9)14-7-6-13/h9-10H,4-8H2,1-3H3/t9-,10-,12+/m0/s1. The predicted octanol–water partition coefficient (Wildman–Crippen LogP) is 4.17. The third-order valence-corrected chi connectivity index (χ3v) is 7.08. The maximum absolute atomic E-state index is 5.78. The summed E-state index contributed by atoms with van der Waals surface area (Å²) in [5.74, 6) is 2.91. The molecule has 0 radical (unpaired) electrons. The van der Waals surface area contributed by atoms with Crippen LogP contribution in [0.25, 0.3) is 0 Å². The molecular formula is C12H21ClS. The van der Waals surface area contributed by atoms with Crippen LogP contribution in [0.3, 0.4) is 0 Å². The molecule has 2 aliphatic carbocycles. The molecule has 2 rings (SSSR count). The lowest BCUT2D eigenvalue weighted by molar-refractivity contribution is 0.156. The van der Waals surface area contributed by atoms with E-state index in [0.29, 0.717) is 10.8 Å². The second-order valence-electron chi connectivity index (χ2n) is 5.66. The highest BCUT2D eigenvalue weighted by Crippen LogP contribution is 2.68. The average molecular weight is 233 g/mol. The topological polar surface area (TPSA) is 0 Å². The molecule has 0 amide bonds. The van der Waals surface area contributed by atoms with Crippen molar-refractivity contribution in [2.24, 2.45) is 16.7 Å². The molecule has 0 heterocycles. The summed E-state index contributed by atoms with van der Waals surface area (Å²) in [6, 6.07) is 0. The van der Waals surface area contributed by atoms with Crippen molar-refractivity contribution in [2.75, 3.05) is 11.6 Å². The summed E-state index contributed by atoms with van der Waals surface area (Å²) < 4.78 is 0. The Bertz CT molecular complexity index is 226. The fourth-order valence-electron chi connectivity index (χ4n) is 3.57. The van der Waals surface area contributed by atoms with Crippen LogP contribution >= 0.6 is 23.4 Å². The van der Waals surface area contributed by atoms with E-state index in [1.807, 2.05) is 0 Å². The van der Waals surface area contributed by atoms with Crippen LogP contribution in [0.1, 0.15) is 40.0 Å². The monoisotopic (exact) mass is 232 g/mol. The molecule has 82 valence electrons. The van der Waals surface area contributed by atoms with Crippen molar-refractivity contribution in [3.05, 3.63) is 0 Å². The molecule has 0 saturated heterocycles. The van der Waals surface area contributed by atoms with Crippen molar-refractivity contribution >= 4 is 23.4 Å². The van der Waals surface area contributed by atoms with Gasteiger partial charge in [-0.1, -0.05) is 20.8 Å². The number of hydrogen-bond donors (Lipinski definition) is 0. The van der Waals surface area contributed by atoms with E-state index in [1.165, 1.54) is 19.3 Å². The van der Waals surface area contributed by atoms with Gasteiger partial charge < -0.3 is 0 Å². The smallest absolute Gasteiger partial charge is 0.0314 e. The van der Waals surface area contributed by atoms with E-state index in [2.05, 4.69) is 32.5 Å². The number of thioether (sulfide) groups is 1. The molecule has 0 N–H and O–H groups in total. The van der Waals surface area contributed by atoms with Gasteiger partial charge in [0.2, 0.25) is 0 Å². The van der Waals surface area contributed by atoms with E-state index < -0.39 is 0 Å². The fraction of sp³-hybridized carbons (Fsp3) is 1.00. The minimum absolute atomic E-state index is 0.566. The summed E-state index contributed by atoms with van der Waals surface area (Å²) in [6.45, 7) is 7.46. The van der Waals surface area contributed by atoms with Crippen molar-refractivity contribution < 1.29 is 0 Å².